The lowest BCUT2D eigenvalue weighted by Gasteiger charge is -2.28. The molecule has 0 radical (unpaired) electrons. The van der Waals surface area contributed by atoms with Crippen molar-refractivity contribution in [2.24, 2.45) is 5.92 Å². The molecule has 1 saturated heterocycles. The zero-order chi connectivity index (χ0) is 29.0. The SMILES string of the molecule is CC(NCC(F)(F)F)Nc1cccc(-n2cnc3cc(-c4cccc(C(=O)NCC5CCN(C)CC5)c4)ccc32)c1. The van der Waals surface area contributed by atoms with Crippen molar-refractivity contribution in [1.29, 1.82) is 0 Å². The number of rotatable bonds is 9. The third kappa shape index (κ3) is 7.45. The van der Waals surface area contributed by atoms with Gasteiger partial charge in [-0.15, -0.1) is 0 Å². The average molecular weight is 565 g/mol. The molecule has 0 bridgehead atoms. The van der Waals surface area contributed by atoms with E-state index in [9.17, 15) is 18.0 Å². The topological polar surface area (TPSA) is 74.2 Å². The van der Waals surface area contributed by atoms with Gasteiger partial charge in [0.2, 0.25) is 0 Å². The molecule has 1 aliphatic heterocycles. The number of anilines is 1. The van der Waals surface area contributed by atoms with E-state index in [1.54, 1.807) is 13.3 Å². The maximum atomic E-state index is 12.9. The molecule has 41 heavy (non-hydrogen) atoms. The highest BCUT2D eigenvalue weighted by Crippen LogP contribution is 2.27. The Morgan fingerprint density at radius 3 is 2.56 bits per heavy atom. The van der Waals surface area contributed by atoms with Crippen LogP contribution in [0.4, 0.5) is 18.9 Å². The van der Waals surface area contributed by atoms with Gasteiger partial charge in [0.25, 0.3) is 5.91 Å². The normalized spacial score (nSPS) is 15.6. The first-order valence-corrected chi connectivity index (χ1v) is 13.9. The number of hydrogen-bond donors (Lipinski definition) is 3. The van der Waals surface area contributed by atoms with E-state index in [1.807, 2.05) is 71.3 Å². The van der Waals surface area contributed by atoms with Crippen molar-refractivity contribution in [3.8, 4) is 16.8 Å². The average Bonchev–Trinajstić information content (AvgIpc) is 3.39. The monoisotopic (exact) mass is 564 g/mol. The highest BCUT2D eigenvalue weighted by Gasteiger charge is 2.27. The van der Waals surface area contributed by atoms with Crippen LogP contribution in [-0.2, 0) is 0 Å². The number of benzene rings is 3. The number of imidazole rings is 1. The second-order valence-corrected chi connectivity index (χ2v) is 10.8. The summed E-state index contributed by atoms with van der Waals surface area (Å²) in [7, 11) is 2.13. The van der Waals surface area contributed by atoms with Crippen LogP contribution in [0.1, 0.15) is 30.1 Å². The first-order chi connectivity index (χ1) is 19.6. The summed E-state index contributed by atoms with van der Waals surface area (Å²) in [5, 5.41) is 8.60. The van der Waals surface area contributed by atoms with E-state index in [0.717, 1.165) is 53.8 Å². The molecular formula is C31H35F3N6O. The van der Waals surface area contributed by atoms with Crippen LogP contribution in [0.2, 0.25) is 0 Å². The lowest BCUT2D eigenvalue weighted by atomic mass is 9.97. The molecule has 1 atom stereocenters. The number of piperidine rings is 1. The minimum Gasteiger partial charge on any atom is -0.370 e. The summed E-state index contributed by atoms with van der Waals surface area (Å²) in [6.45, 7) is 3.40. The van der Waals surface area contributed by atoms with Crippen LogP contribution in [0, 0.1) is 5.92 Å². The Morgan fingerprint density at radius 2 is 1.78 bits per heavy atom. The number of aromatic nitrogens is 2. The van der Waals surface area contributed by atoms with Crippen molar-refractivity contribution in [2.75, 3.05) is 38.5 Å². The van der Waals surface area contributed by atoms with Crippen molar-refractivity contribution in [3.63, 3.8) is 0 Å². The molecule has 1 fully saturated rings. The maximum Gasteiger partial charge on any atom is 0.401 e. The third-order valence-corrected chi connectivity index (χ3v) is 7.51. The summed E-state index contributed by atoms with van der Waals surface area (Å²) in [5.74, 6) is 0.453. The number of likely N-dealkylation sites (tertiary alicyclic amines) is 1. The van der Waals surface area contributed by atoms with E-state index in [-0.39, 0.29) is 5.91 Å². The predicted octanol–water partition coefficient (Wildman–Crippen LogP) is 5.67. The Labute approximate surface area is 237 Å². The lowest BCUT2D eigenvalue weighted by molar-refractivity contribution is -0.125. The van der Waals surface area contributed by atoms with Gasteiger partial charge in [0.15, 0.2) is 0 Å². The van der Waals surface area contributed by atoms with E-state index in [4.69, 9.17) is 0 Å². The molecule has 5 rings (SSSR count). The Balaban J connectivity index is 1.28. The molecule has 1 unspecified atom stereocenters. The fourth-order valence-corrected chi connectivity index (χ4v) is 5.16. The van der Waals surface area contributed by atoms with Crippen LogP contribution in [0.3, 0.4) is 0 Å². The lowest BCUT2D eigenvalue weighted by Crippen LogP contribution is -2.39. The minimum absolute atomic E-state index is 0.0625. The second kappa shape index (κ2) is 12.3. The summed E-state index contributed by atoms with van der Waals surface area (Å²) in [5.41, 5.74) is 5.71. The van der Waals surface area contributed by atoms with Crippen LogP contribution in [-0.4, -0.2) is 65.9 Å². The highest BCUT2D eigenvalue weighted by atomic mass is 19.4. The Hall–Kier alpha value is -3.89. The van der Waals surface area contributed by atoms with E-state index >= 15 is 0 Å². The van der Waals surface area contributed by atoms with Crippen LogP contribution >= 0.6 is 0 Å². The highest BCUT2D eigenvalue weighted by molar-refractivity contribution is 5.95. The quantitative estimate of drug-likeness (QED) is 0.228. The van der Waals surface area contributed by atoms with Crippen LogP contribution in [0.15, 0.2) is 73.1 Å². The number of hydrogen-bond acceptors (Lipinski definition) is 5. The van der Waals surface area contributed by atoms with E-state index < -0.39 is 18.9 Å². The number of alkyl halides is 3. The Bertz CT molecular complexity index is 1490. The van der Waals surface area contributed by atoms with Crippen molar-refractivity contribution in [3.05, 3.63) is 78.6 Å². The summed E-state index contributed by atoms with van der Waals surface area (Å²) in [6, 6.07) is 21.0. The van der Waals surface area contributed by atoms with Gasteiger partial charge in [-0.1, -0.05) is 24.3 Å². The molecule has 1 aromatic heterocycles. The molecule has 2 heterocycles. The number of nitrogens with one attached hydrogen (secondary N) is 3. The van der Waals surface area contributed by atoms with Gasteiger partial charge in [-0.05, 0) is 99.4 Å². The molecule has 216 valence electrons. The molecule has 1 amide bonds. The summed E-state index contributed by atoms with van der Waals surface area (Å²) in [4.78, 5) is 19.8. The number of halogens is 3. The molecule has 3 aromatic carbocycles. The maximum absolute atomic E-state index is 12.9. The second-order valence-electron chi connectivity index (χ2n) is 10.8. The van der Waals surface area contributed by atoms with Crippen molar-refractivity contribution >= 4 is 22.6 Å². The number of carbonyl (C=O) groups is 1. The van der Waals surface area contributed by atoms with Gasteiger partial charge < -0.3 is 15.5 Å². The van der Waals surface area contributed by atoms with Gasteiger partial charge in [-0.25, -0.2) is 4.98 Å². The Morgan fingerprint density at radius 1 is 1.02 bits per heavy atom. The smallest absolute Gasteiger partial charge is 0.370 e. The van der Waals surface area contributed by atoms with Crippen LogP contribution in [0.25, 0.3) is 27.8 Å². The number of amides is 1. The molecule has 3 N–H and O–H groups in total. The molecule has 4 aromatic rings. The zero-order valence-corrected chi connectivity index (χ0v) is 23.2. The molecule has 7 nitrogen and oxygen atoms in total. The fourth-order valence-electron chi connectivity index (χ4n) is 5.16. The molecule has 0 aliphatic carbocycles. The van der Waals surface area contributed by atoms with E-state index in [1.165, 1.54) is 0 Å². The third-order valence-electron chi connectivity index (χ3n) is 7.51. The van der Waals surface area contributed by atoms with E-state index in [0.29, 0.717) is 23.7 Å². The molecule has 10 heteroatoms. The molecule has 0 spiro atoms. The summed E-state index contributed by atoms with van der Waals surface area (Å²) < 4.78 is 39.5. The fraction of sp³-hybridized carbons (Fsp3) is 0.355. The zero-order valence-electron chi connectivity index (χ0n) is 23.2. The van der Waals surface area contributed by atoms with Crippen LogP contribution < -0.4 is 16.0 Å². The predicted molar refractivity (Wildman–Crippen MR) is 156 cm³/mol. The van der Waals surface area contributed by atoms with Crippen molar-refractivity contribution in [1.82, 2.24) is 25.1 Å². The first-order valence-electron chi connectivity index (χ1n) is 13.9. The van der Waals surface area contributed by atoms with Crippen LogP contribution in [0.5, 0.6) is 0 Å². The number of carbonyl (C=O) groups excluding carboxylic acids is 1. The van der Waals surface area contributed by atoms with Gasteiger partial charge in [0, 0.05) is 23.5 Å². The Kier molecular flexibility index (Phi) is 8.60. The first kappa shape index (κ1) is 28.6. The molecular weight excluding hydrogens is 529 g/mol. The largest absolute Gasteiger partial charge is 0.401 e. The molecule has 0 saturated carbocycles. The van der Waals surface area contributed by atoms with Crippen molar-refractivity contribution in [2.45, 2.75) is 32.1 Å². The van der Waals surface area contributed by atoms with Gasteiger partial charge in [-0.3, -0.25) is 14.7 Å². The van der Waals surface area contributed by atoms with Gasteiger partial charge in [0.05, 0.1) is 23.7 Å². The van der Waals surface area contributed by atoms with Gasteiger partial charge in [-0.2, -0.15) is 13.2 Å². The molecule has 1 aliphatic rings. The van der Waals surface area contributed by atoms with E-state index in [2.05, 4.69) is 32.9 Å². The number of fused-ring (bicyclic) bond motifs is 1. The van der Waals surface area contributed by atoms with Gasteiger partial charge in [0.1, 0.15) is 6.33 Å². The number of nitrogens with zero attached hydrogens (tertiary/aromatic N) is 3. The van der Waals surface area contributed by atoms with Gasteiger partial charge >= 0.3 is 6.18 Å². The standard InChI is InChI=1S/C31H35F3N6O/c1-21(36-19-31(32,33)34)38-26-7-4-8-27(17-26)40-20-37-28-16-24(9-10-29(28)40)23-5-3-6-25(15-23)30(41)35-18-22-11-13-39(2)14-12-22/h3-10,15-17,20-22,36,38H,11-14,18-19H2,1-2H3,(H,35,41). The summed E-state index contributed by atoms with van der Waals surface area (Å²) >= 11 is 0. The minimum atomic E-state index is -4.27. The summed E-state index contributed by atoms with van der Waals surface area (Å²) in [6.07, 6.45) is -0.912. The van der Waals surface area contributed by atoms with Crippen molar-refractivity contribution < 1.29 is 18.0 Å².